The second-order valence-corrected chi connectivity index (χ2v) is 9.75. The Bertz CT molecular complexity index is 1290. The highest BCUT2D eigenvalue weighted by atomic mass is 32.2. The minimum absolute atomic E-state index is 0.0734. The van der Waals surface area contributed by atoms with E-state index in [1.165, 1.54) is 22.9 Å². The number of anilines is 2. The van der Waals surface area contributed by atoms with Crippen LogP contribution in [-0.2, 0) is 4.79 Å². The van der Waals surface area contributed by atoms with Crippen molar-refractivity contribution in [2.75, 3.05) is 23.1 Å². The van der Waals surface area contributed by atoms with E-state index in [9.17, 15) is 9.59 Å². The fourth-order valence-corrected chi connectivity index (χ4v) is 5.14. The normalized spacial score (nSPS) is 21.5. The summed E-state index contributed by atoms with van der Waals surface area (Å²) in [5.74, 6) is -0.0643. The maximum absolute atomic E-state index is 13.1. The van der Waals surface area contributed by atoms with E-state index in [4.69, 9.17) is 0 Å². The average Bonchev–Trinajstić information content (AvgIpc) is 3.44. The molecule has 3 aromatic rings. The van der Waals surface area contributed by atoms with Crippen molar-refractivity contribution >= 4 is 35.1 Å². The molecule has 4 N–H and O–H groups in total. The third-order valence-corrected chi connectivity index (χ3v) is 7.35. The molecule has 2 fully saturated rings. The van der Waals surface area contributed by atoms with E-state index in [1.54, 1.807) is 16.8 Å². The maximum atomic E-state index is 13.1. The van der Waals surface area contributed by atoms with Crippen molar-refractivity contribution in [3.05, 3.63) is 70.9 Å². The Balaban J connectivity index is 1.41. The number of aromatic nitrogens is 2. The Labute approximate surface area is 208 Å². The standard InChI is InChI=1S/C25H29N7O2S/c1-14-9-10-17(11-15(14)2)31-22-19(13-26-31)24(34)29-25(28-22)32-21(12-16(3)30-32)27-23(33)18-7-5-6-8-20(18)35-4/h5-12,19,22,25-26,28H,13H2,1-4H3,(H,27,33)(H,29,34). The van der Waals surface area contributed by atoms with Crippen LogP contribution in [0.25, 0.3) is 0 Å². The Morgan fingerprint density at radius 1 is 1.11 bits per heavy atom. The number of amides is 2. The average molecular weight is 492 g/mol. The van der Waals surface area contributed by atoms with Crippen molar-refractivity contribution in [1.82, 2.24) is 25.8 Å². The van der Waals surface area contributed by atoms with Gasteiger partial charge in [0.05, 0.1) is 22.9 Å². The molecule has 3 atom stereocenters. The van der Waals surface area contributed by atoms with Gasteiger partial charge < -0.3 is 10.6 Å². The summed E-state index contributed by atoms with van der Waals surface area (Å²) in [7, 11) is 0. The number of hydrogen-bond donors (Lipinski definition) is 4. The van der Waals surface area contributed by atoms with Crippen LogP contribution in [0.2, 0.25) is 0 Å². The zero-order valence-corrected chi connectivity index (χ0v) is 20.9. The monoisotopic (exact) mass is 491 g/mol. The molecule has 2 saturated heterocycles. The minimum Gasteiger partial charge on any atom is -0.321 e. The van der Waals surface area contributed by atoms with E-state index >= 15 is 0 Å². The fraction of sp³-hybridized carbons (Fsp3) is 0.320. The van der Waals surface area contributed by atoms with Gasteiger partial charge in [-0.05, 0) is 62.4 Å². The molecule has 9 nitrogen and oxygen atoms in total. The van der Waals surface area contributed by atoms with Gasteiger partial charge in [0.2, 0.25) is 5.91 Å². The molecule has 2 aromatic carbocycles. The Kier molecular flexibility index (Phi) is 6.26. The van der Waals surface area contributed by atoms with Crippen molar-refractivity contribution in [3.8, 4) is 0 Å². The van der Waals surface area contributed by atoms with E-state index in [0.29, 0.717) is 17.9 Å². The number of nitrogens with one attached hydrogen (secondary N) is 4. The van der Waals surface area contributed by atoms with Crippen molar-refractivity contribution in [2.24, 2.45) is 5.92 Å². The first-order valence-electron chi connectivity index (χ1n) is 11.5. The fourth-order valence-electron chi connectivity index (χ4n) is 4.54. The molecule has 3 heterocycles. The van der Waals surface area contributed by atoms with E-state index in [1.807, 2.05) is 42.5 Å². The topological polar surface area (TPSA) is 103 Å². The number of benzene rings is 2. The summed E-state index contributed by atoms with van der Waals surface area (Å²) < 4.78 is 1.62. The maximum Gasteiger partial charge on any atom is 0.257 e. The molecule has 1 aromatic heterocycles. The molecule has 0 radical (unpaired) electrons. The molecule has 0 spiro atoms. The highest BCUT2D eigenvalue weighted by Crippen LogP contribution is 2.29. The lowest BCUT2D eigenvalue weighted by Crippen LogP contribution is -2.61. The molecule has 2 aliphatic heterocycles. The van der Waals surface area contributed by atoms with Gasteiger partial charge in [0.15, 0.2) is 6.29 Å². The Morgan fingerprint density at radius 3 is 2.69 bits per heavy atom. The highest BCUT2D eigenvalue weighted by Gasteiger charge is 2.45. The first kappa shape index (κ1) is 23.4. The van der Waals surface area contributed by atoms with Gasteiger partial charge in [-0.25, -0.2) is 10.1 Å². The zero-order chi connectivity index (χ0) is 24.7. The van der Waals surface area contributed by atoms with E-state index in [-0.39, 0.29) is 23.9 Å². The van der Waals surface area contributed by atoms with E-state index in [0.717, 1.165) is 16.3 Å². The highest BCUT2D eigenvalue weighted by molar-refractivity contribution is 7.98. The van der Waals surface area contributed by atoms with Gasteiger partial charge in [0.1, 0.15) is 12.0 Å². The SMILES string of the molecule is CSc1ccccc1C(=O)Nc1cc(C)nn1C1NC(=O)C2CNN(c3ccc(C)c(C)c3)C2N1. The number of hydrogen-bond acceptors (Lipinski definition) is 7. The number of hydrazine groups is 1. The van der Waals surface area contributed by atoms with Gasteiger partial charge >= 0.3 is 0 Å². The van der Waals surface area contributed by atoms with Gasteiger partial charge in [0.25, 0.3) is 5.91 Å². The van der Waals surface area contributed by atoms with Crippen molar-refractivity contribution in [1.29, 1.82) is 0 Å². The number of carbonyl (C=O) groups excluding carboxylic acids is 2. The molecule has 0 bridgehead atoms. The predicted octanol–water partition coefficient (Wildman–Crippen LogP) is 2.93. The van der Waals surface area contributed by atoms with Crippen LogP contribution in [0.5, 0.6) is 0 Å². The number of rotatable bonds is 5. The van der Waals surface area contributed by atoms with Gasteiger partial charge in [-0.15, -0.1) is 11.8 Å². The number of aryl methyl sites for hydroxylation is 3. The summed E-state index contributed by atoms with van der Waals surface area (Å²) in [5.41, 5.74) is 8.06. The van der Waals surface area contributed by atoms with Crippen molar-refractivity contribution in [3.63, 3.8) is 0 Å². The van der Waals surface area contributed by atoms with Crippen LogP contribution in [0.1, 0.15) is 33.5 Å². The van der Waals surface area contributed by atoms with Crippen LogP contribution in [0.4, 0.5) is 11.5 Å². The quantitative estimate of drug-likeness (QED) is 0.407. The van der Waals surface area contributed by atoms with Gasteiger partial charge in [-0.1, -0.05) is 18.2 Å². The molecule has 35 heavy (non-hydrogen) atoms. The summed E-state index contributed by atoms with van der Waals surface area (Å²) in [5, 5.41) is 16.1. The van der Waals surface area contributed by atoms with Crippen molar-refractivity contribution in [2.45, 2.75) is 38.1 Å². The minimum atomic E-state index is -0.627. The van der Waals surface area contributed by atoms with E-state index < -0.39 is 6.29 Å². The number of nitrogens with zero attached hydrogens (tertiary/aromatic N) is 3. The molecule has 0 saturated carbocycles. The zero-order valence-electron chi connectivity index (χ0n) is 20.1. The third kappa shape index (κ3) is 4.40. The summed E-state index contributed by atoms with van der Waals surface area (Å²) in [6.07, 6.45) is 1.04. The molecule has 182 valence electrons. The van der Waals surface area contributed by atoms with Crippen LogP contribution in [0, 0.1) is 26.7 Å². The lowest BCUT2D eigenvalue weighted by atomic mass is 10.0. The summed E-state index contributed by atoms with van der Waals surface area (Å²) in [4.78, 5) is 27.0. The van der Waals surface area contributed by atoms with Crippen LogP contribution in [0.15, 0.2) is 53.4 Å². The largest absolute Gasteiger partial charge is 0.321 e. The van der Waals surface area contributed by atoms with Gasteiger partial charge in [0, 0.05) is 17.5 Å². The second kappa shape index (κ2) is 9.37. The third-order valence-electron chi connectivity index (χ3n) is 6.55. The molecule has 5 rings (SSSR count). The Morgan fingerprint density at radius 2 is 1.91 bits per heavy atom. The van der Waals surface area contributed by atoms with Crippen molar-refractivity contribution < 1.29 is 9.59 Å². The smallest absolute Gasteiger partial charge is 0.257 e. The van der Waals surface area contributed by atoms with Crippen LogP contribution in [0.3, 0.4) is 0 Å². The molecular formula is C25H29N7O2S. The molecular weight excluding hydrogens is 462 g/mol. The van der Waals surface area contributed by atoms with Gasteiger partial charge in [-0.3, -0.25) is 19.9 Å². The summed E-state index contributed by atoms with van der Waals surface area (Å²) in [6, 6.07) is 15.5. The summed E-state index contributed by atoms with van der Waals surface area (Å²) >= 11 is 1.52. The molecule has 3 unspecified atom stereocenters. The summed E-state index contributed by atoms with van der Waals surface area (Å²) in [6.45, 7) is 6.53. The molecule has 10 heteroatoms. The first-order chi connectivity index (χ1) is 16.9. The first-order valence-corrected chi connectivity index (χ1v) is 12.7. The second-order valence-electron chi connectivity index (χ2n) is 8.90. The molecule has 2 amide bonds. The number of carbonyl (C=O) groups is 2. The van der Waals surface area contributed by atoms with Crippen LogP contribution in [-0.4, -0.2) is 40.6 Å². The predicted molar refractivity (Wildman–Crippen MR) is 137 cm³/mol. The molecule has 0 aliphatic carbocycles. The Hall–Kier alpha value is -3.34. The molecule has 2 aliphatic rings. The van der Waals surface area contributed by atoms with E-state index in [2.05, 4.69) is 52.5 Å². The number of fused-ring (bicyclic) bond motifs is 1. The van der Waals surface area contributed by atoms with Crippen LogP contribution >= 0.6 is 11.8 Å². The van der Waals surface area contributed by atoms with Gasteiger partial charge in [-0.2, -0.15) is 5.10 Å². The number of thioether (sulfide) groups is 1. The lowest BCUT2D eigenvalue weighted by molar-refractivity contribution is -0.129. The van der Waals surface area contributed by atoms with Crippen LogP contribution < -0.4 is 26.4 Å². The lowest BCUT2D eigenvalue weighted by Gasteiger charge is -2.37.